The number of hydrogen-bond donors (Lipinski definition) is 2. The molecule has 3 amide bonds. The van der Waals surface area contributed by atoms with Crippen molar-refractivity contribution in [3.8, 4) is 0 Å². The number of halogens is 1. The summed E-state index contributed by atoms with van der Waals surface area (Å²) < 4.78 is 13.9. The molecule has 0 saturated carbocycles. The third-order valence-corrected chi connectivity index (χ3v) is 7.32. The third kappa shape index (κ3) is 4.92. The lowest BCUT2D eigenvalue weighted by Gasteiger charge is -2.29. The van der Waals surface area contributed by atoms with E-state index in [9.17, 15) is 23.6 Å². The van der Waals surface area contributed by atoms with Gasteiger partial charge in [-0.2, -0.15) is 0 Å². The fraction of sp³-hybridized carbons (Fsp3) is 0.300. The molecule has 1 aliphatic carbocycles. The van der Waals surface area contributed by atoms with Gasteiger partial charge in [-0.15, -0.1) is 0 Å². The van der Waals surface area contributed by atoms with E-state index in [-0.39, 0.29) is 30.5 Å². The molecule has 1 spiro atoms. The highest BCUT2D eigenvalue weighted by molar-refractivity contribution is 6.06. The number of hydrogen-bond acceptors (Lipinski definition) is 5. The largest absolute Gasteiger partial charge is 0.329 e. The molecule has 39 heavy (non-hydrogen) atoms. The Hall–Kier alpha value is -4.40. The maximum absolute atomic E-state index is 13.9. The van der Waals surface area contributed by atoms with Gasteiger partial charge in [-0.3, -0.25) is 19.2 Å². The summed E-state index contributed by atoms with van der Waals surface area (Å²) in [6, 6.07) is 13.0. The Kier molecular flexibility index (Phi) is 6.54. The summed E-state index contributed by atoms with van der Waals surface area (Å²) in [6.07, 6.45) is 3.28. The molecule has 2 N–H and O–H groups in total. The van der Waals surface area contributed by atoms with Gasteiger partial charge in [0.05, 0.1) is 5.41 Å². The van der Waals surface area contributed by atoms with Crippen LogP contribution in [-0.4, -0.2) is 40.4 Å². The highest BCUT2D eigenvalue weighted by atomic mass is 19.1. The van der Waals surface area contributed by atoms with E-state index in [1.807, 2.05) is 24.3 Å². The molecule has 2 heterocycles. The molecule has 3 aromatic rings. The third-order valence-electron chi connectivity index (χ3n) is 7.32. The second-order valence-corrected chi connectivity index (χ2v) is 11.2. The monoisotopic (exact) mass is 528 g/mol. The second-order valence-electron chi connectivity index (χ2n) is 11.2. The van der Waals surface area contributed by atoms with Gasteiger partial charge in [0.1, 0.15) is 24.5 Å². The number of nitrogens with zero attached hydrogens (tertiary/aromatic N) is 2. The minimum absolute atomic E-state index is 0.0821. The van der Waals surface area contributed by atoms with Crippen LogP contribution in [0.5, 0.6) is 0 Å². The maximum atomic E-state index is 13.9. The van der Waals surface area contributed by atoms with Crippen LogP contribution in [0.3, 0.4) is 0 Å². The van der Waals surface area contributed by atoms with Crippen LogP contribution in [0.15, 0.2) is 54.7 Å². The Morgan fingerprint density at radius 1 is 1.13 bits per heavy atom. The van der Waals surface area contributed by atoms with Crippen molar-refractivity contribution < 1.29 is 23.6 Å². The van der Waals surface area contributed by atoms with Crippen LogP contribution in [0.4, 0.5) is 15.9 Å². The van der Waals surface area contributed by atoms with Crippen LogP contribution in [0.1, 0.15) is 53.4 Å². The van der Waals surface area contributed by atoms with Gasteiger partial charge in [0.2, 0.25) is 17.7 Å². The first-order valence-corrected chi connectivity index (χ1v) is 12.7. The molecular weight excluding hydrogens is 499 g/mol. The van der Waals surface area contributed by atoms with Gasteiger partial charge in [-0.05, 0) is 65.9 Å². The lowest BCUT2D eigenvalue weighted by molar-refractivity contribution is -0.142. The molecule has 1 aromatic heterocycles. The minimum Gasteiger partial charge on any atom is -0.329 e. The lowest BCUT2D eigenvalue weighted by Crippen LogP contribution is -2.43. The molecule has 1 aliphatic heterocycles. The number of pyridine rings is 1. The van der Waals surface area contributed by atoms with E-state index in [2.05, 4.69) is 15.6 Å². The van der Waals surface area contributed by atoms with Gasteiger partial charge in [-0.25, -0.2) is 9.37 Å². The Morgan fingerprint density at radius 3 is 2.64 bits per heavy atom. The van der Waals surface area contributed by atoms with E-state index in [0.29, 0.717) is 36.2 Å². The number of aromatic nitrogens is 1. The molecule has 0 saturated heterocycles. The molecule has 2 aliphatic rings. The van der Waals surface area contributed by atoms with Gasteiger partial charge in [-0.1, -0.05) is 32.9 Å². The fourth-order valence-corrected chi connectivity index (χ4v) is 5.42. The quantitative estimate of drug-likeness (QED) is 0.470. The average molecular weight is 529 g/mol. The van der Waals surface area contributed by atoms with Crippen LogP contribution in [-0.2, 0) is 39.2 Å². The number of fused-ring (bicyclic) bond motifs is 3. The number of carbonyl (C=O) groups is 4. The zero-order valence-electron chi connectivity index (χ0n) is 22.0. The number of benzene rings is 2. The Morgan fingerprint density at radius 2 is 1.90 bits per heavy atom. The van der Waals surface area contributed by atoms with Crippen molar-refractivity contribution in [3.05, 3.63) is 88.4 Å². The molecule has 1 atom stereocenters. The molecular formula is C30H29FN4O4. The van der Waals surface area contributed by atoms with Gasteiger partial charge in [0.15, 0.2) is 0 Å². The van der Waals surface area contributed by atoms with E-state index >= 15 is 0 Å². The number of aldehydes is 1. The number of amides is 3. The Bertz CT molecular complexity index is 1510. The maximum Gasteiger partial charge on any atom is 0.244 e. The molecule has 200 valence electrons. The number of carbonyl (C=O) groups excluding carboxylic acids is 4. The summed E-state index contributed by atoms with van der Waals surface area (Å²) in [4.78, 5) is 56.4. The first-order chi connectivity index (χ1) is 18.5. The van der Waals surface area contributed by atoms with E-state index < -0.39 is 22.6 Å². The van der Waals surface area contributed by atoms with Gasteiger partial charge >= 0.3 is 0 Å². The summed E-state index contributed by atoms with van der Waals surface area (Å²) >= 11 is 0. The van der Waals surface area contributed by atoms with Gasteiger partial charge in [0, 0.05) is 35.0 Å². The second kappa shape index (κ2) is 9.72. The normalized spacial score (nSPS) is 17.4. The summed E-state index contributed by atoms with van der Waals surface area (Å²) in [5.41, 5.74) is 2.46. The predicted molar refractivity (Wildman–Crippen MR) is 144 cm³/mol. The van der Waals surface area contributed by atoms with Crippen molar-refractivity contribution in [2.75, 3.05) is 17.2 Å². The van der Waals surface area contributed by atoms with Crippen molar-refractivity contribution in [2.24, 2.45) is 5.41 Å². The van der Waals surface area contributed by atoms with E-state index in [0.717, 1.165) is 16.7 Å². The molecule has 0 radical (unpaired) electrons. The smallest absolute Gasteiger partial charge is 0.244 e. The van der Waals surface area contributed by atoms with E-state index in [1.54, 1.807) is 33.0 Å². The predicted octanol–water partition coefficient (Wildman–Crippen LogP) is 4.04. The topological polar surface area (TPSA) is 108 Å². The van der Waals surface area contributed by atoms with E-state index in [4.69, 9.17) is 0 Å². The standard InChI is InChI=1S/C30H29FN4O4/c1-29(2,3)28(39)35(15-21-11-22(31)8-6-19(21)17-36)16-25(37)33-23-9-7-18-13-30(14-20(18)12-23)24-5-4-10-32-26(24)34-27(30)38/h4-12,17H,13-16H2,1-3H3,(H,33,37)(H,32,34,38). The van der Waals surface area contributed by atoms with Gasteiger partial charge < -0.3 is 15.5 Å². The molecule has 2 aromatic carbocycles. The zero-order valence-corrected chi connectivity index (χ0v) is 22.0. The highest BCUT2D eigenvalue weighted by Crippen LogP contribution is 2.46. The lowest BCUT2D eigenvalue weighted by atomic mass is 9.79. The van der Waals surface area contributed by atoms with Crippen LogP contribution in [0.2, 0.25) is 0 Å². The molecule has 8 nitrogen and oxygen atoms in total. The summed E-state index contributed by atoms with van der Waals surface area (Å²) in [7, 11) is 0. The van der Waals surface area contributed by atoms with E-state index in [1.165, 1.54) is 23.1 Å². The number of nitrogens with one attached hydrogen (secondary N) is 2. The molecule has 0 fully saturated rings. The van der Waals surface area contributed by atoms with Crippen molar-refractivity contribution in [1.29, 1.82) is 0 Å². The number of anilines is 2. The SMILES string of the molecule is CC(C)(C)C(=O)N(CC(=O)Nc1ccc2c(c1)CC1(C2)C(=O)Nc2ncccc21)Cc1cc(F)ccc1C=O. The number of rotatable bonds is 6. The van der Waals surface area contributed by atoms with Crippen LogP contribution >= 0.6 is 0 Å². The molecule has 9 heteroatoms. The highest BCUT2D eigenvalue weighted by Gasteiger charge is 2.51. The Balaban J connectivity index is 1.34. The van der Waals surface area contributed by atoms with Crippen molar-refractivity contribution in [2.45, 2.75) is 45.6 Å². The van der Waals surface area contributed by atoms with Crippen molar-refractivity contribution in [3.63, 3.8) is 0 Å². The van der Waals surface area contributed by atoms with Crippen LogP contribution in [0, 0.1) is 11.2 Å². The zero-order chi connectivity index (χ0) is 27.9. The summed E-state index contributed by atoms with van der Waals surface area (Å²) in [5, 5.41) is 5.74. The Labute approximate surface area is 225 Å². The van der Waals surface area contributed by atoms with Crippen LogP contribution < -0.4 is 10.6 Å². The minimum atomic E-state index is -0.802. The first kappa shape index (κ1) is 26.2. The van der Waals surface area contributed by atoms with Crippen molar-refractivity contribution in [1.82, 2.24) is 9.88 Å². The average Bonchev–Trinajstić information content (AvgIpc) is 3.39. The first-order valence-electron chi connectivity index (χ1n) is 12.7. The van der Waals surface area contributed by atoms with Gasteiger partial charge in [0.25, 0.3) is 0 Å². The molecule has 5 rings (SSSR count). The molecule has 1 unspecified atom stereocenters. The molecule has 0 bridgehead atoms. The summed E-state index contributed by atoms with van der Waals surface area (Å²) in [5.74, 6) is -0.773. The summed E-state index contributed by atoms with van der Waals surface area (Å²) in [6.45, 7) is 4.82. The fourth-order valence-electron chi connectivity index (χ4n) is 5.42. The van der Waals surface area contributed by atoms with Crippen molar-refractivity contribution >= 4 is 35.5 Å². The van der Waals surface area contributed by atoms with Crippen LogP contribution in [0.25, 0.3) is 0 Å².